The van der Waals surface area contributed by atoms with Crippen LogP contribution in [0.25, 0.3) is 11.3 Å². The van der Waals surface area contributed by atoms with Crippen molar-refractivity contribution in [2.45, 2.75) is 39.7 Å². The number of nitrogens with zero attached hydrogens (tertiary/aromatic N) is 2. The Morgan fingerprint density at radius 1 is 1.23 bits per heavy atom. The molecule has 0 spiro atoms. The van der Waals surface area contributed by atoms with Crippen molar-refractivity contribution in [2.75, 3.05) is 13.2 Å². The summed E-state index contributed by atoms with van der Waals surface area (Å²) in [5.41, 5.74) is 6.26. The second-order valence-electron chi connectivity index (χ2n) is 8.09. The number of H-pyrrole nitrogens is 1. The van der Waals surface area contributed by atoms with E-state index in [-0.39, 0.29) is 12.5 Å². The number of aromatic nitrogens is 2. The molecule has 4 rings (SSSR count). The number of hydrogen-bond donors (Lipinski definition) is 1. The van der Waals surface area contributed by atoms with E-state index in [1.807, 2.05) is 42.2 Å². The highest BCUT2D eigenvalue weighted by Gasteiger charge is 2.26. The van der Waals surface area contributed by atoms with Gasteiger partial charge >= 0.3 is 0 Å². The summed E-state index contributed by atoms with van der Waals surface area (Å²) in [6, 6.07) is 13.8. The lowest BCUT2D eigenvalue weighted by molar-refractivity contribution is -0.134. The summed E-state index contributed by atoms with van der Waals surface area (Å²) in [6.07, 6.45) is 0.753. The Labute approximate surface area is 182 Å². The first-order valence-electron chi connectivity index (χ1n) is 10.3. The minimum Gasteiger partial charge on any atom is -0.483 e. The van der Waals surface area contributed by atoms with Gasteiger partial charge in [-0.2, -0.15) is 5.10 Å². The first-order valence-corrected chi connectivity index (χ1v) is 10.6. The maximum atomic E-state index is 12.9. The Kier molecular flexibility index (Phi) is 5.82. The molecule has 1 aromatic heterocycles. The third kappa shape index (κ3) is 4.21. The third-order valence-electron chi connectivity index (χ3n) is 5.55. The van der Waals surface area contributed by atoms with E-state index in [2.05, 4.69) is 36.2 Å². The van der Waals surface area contributed by atoms with E-state index in [0.717, 1.165) is 45.8 Å². The topological polar surface area (TPSA) is 58.2 Å². The number of aryl methyl sites for hydroxylation is 1. The summed E-state index contributed by atoms with van der Waals surface area (Å²) >= 11 is 6.01. The van der Waals surface area contributed by atoms with Crippen LogP contribution in [0.15, 0.2) is 42.5 Å². The quantitative estimate of drug-likeness (QED) is 0.619. The number of halogens is 1. The number of carbonyl (C=O) groups is 1. The molecular weight excluding hydrogens is 398 g/mol. The van der Waals surface area contributed by atoms with Crippen LogP contribution in [0.5, 0.6) is 5.75 Å². The Bertz CT molecular complexity index is 1060. The van der Waals surface area contributed by atoms with Crippen LogP contribution in [0.1, 0.15) is 42.1 Å². The number of nitrogens with one attached hydrogen (secondary N) is 1. The summed E-state index contributed by atoms with van der Waals surface area (Å²) < 4.78 is 5.96. The molecule has 0 aliphatic carbocycles. The van der Waals surface area contributed by atoms with Gasteiger partial charge in [-0.1, -0.05) is 49.7 Å². The van der Waals surface area contributed by atoms with Crippen molar-refractivity contribution in [3.05, 3.63) is 69.9 Å². The van der Waals surface area contributed by atoms with Gasteiger partial charge in [-0.3, -0.25) is 9.89 Å². The van der Waals surface area contributed by atoms with Crippen LogP contribution in [0, 0.1) is 6.92 Å². The molecule has 1 aliphatic rings. The average molecular weight is 424 g/mol. The molecule has 2 heterocycles. The fourth-order valence-electron chi connectivity index (χ4n) is 3.83. The Balaban J connectivity index is 1.48. The van der Waals surface area contributed by atoms with Crippen LogP contribution < -0.4 is 4.74 Å². The molecular formula is C24H26ClN3O2. The van der Waals surface area contributed by atoms with Gasteiger partial charge in [-0.05, 0) is 42.2 Å². The van der Waals surface area contributed by atoms with Crippen molar-refractivity contribution in [3.63, 3.8) is 0 Å². The monoisotopic (exact) mass is 423 g/mol. The van der Waals surface area contributed by atoms with Gasteiger partial charge in [0.1, 0.15) is 5.75 Å². The van der Waals surface area contributed by atoms with Gasteiger partial charge in [-0.15, -0.1) is 0 Å². The molecule has 3 aromatic rings. The summed E-state index contributed by atoms with van der Waals surface area (Å²) in [5.74, 6) is 1.11. The molecule has 0 atom stereocenters. The Morgan fingerprint density at radius 3 is 2.73 bits per heavy atom. The zero-order chi connectivity index (χ0) is 21.3. The summed E-state index contributed by atoms with van der Waals surface area (Å²) in [4.78, 5) is 14.8. The molecule has 1 amide bonds. The molecule has 1 N–H and O–H groups in total. The van der Waals surface area contributed by atoms with Crippen molar-refractivity contribution in [1.29, 1.82) is 0 Å². The zero-order valence-electron chi connectivity index (χ0n) is 17.5. The fraction of sp³-hybridized carbons (Fsp3) is 0.333. The van der Waals surface area contributed by atoms with Gasteiger partial charge in [-0.25, -0.2) is 0 Å². The van der Waals surface area contributed by atoms with Gasteiger partial charge < -0.3 is 9.64 Å². The van der Waals surface area contributed by atoms with Crippen LogP contribution in [0.3, 0.4) is 0 Å². The molecule has 0 saturated heterocycles. The summed E-state index contributed by atoms with van der Waals surface area (Å²) in [5, 5.41) is 8.31. The Hall–Kier alpha value is -2.79. The van der Waals surface area contributed by atoms with Gasteiger partial charge in [0.25, 0.3) is 5.91 Å². The van der Waals surface area contributed by atoms with Crippen LogP contribution in [0.4, 0.5) is 0 Å². The zero-order valence-corrected chi connectivity index (χ0v) is 18.3. The van der Waals surface area contributed by atoms with Gasteiger partial charge in [0.2, 0.25) is 0 Å². The highest BCUT2D eigenvalue weighted by Crippen LogP contribution is 2.30. The van der Waals surface area contributed by atoms with Crippen molar-refractivity contribution in [2.24, 2.45) is 0 Å². The summed E-state index contributed by atoms with van der Waals surface area (Å²) in [7, 11) is 0. The van der Waals surface area contributed by atoms with Crippen LogP contribution in [0.2, 0.25) is 5.02 Å². The maximum Gasteiger partial charge on any atom is 0.260 e. The lowest BCUT2D eigenvalue weighted by Crippen LogP contribution is -2.38. The average Bonchev–Trinajstić information content (AvgIpc) is 3.15. The van der Waals surface area contributed by atoms with Crippen LogP contribution >= 0.6 is 11.6 Å². The second-order valence-corrected chi connectivity index (χ2v) is 8.52. The molecule has 0 fully saturated rings. The molecule has 6 heteroatoms. The molecule has 156 valence electrons. The van der Waals surface area contributed by atoms with E-state index in [4.69, 9.17) is 16.3 Å². The van der Waals surface area contributed by atoms with Crippen molar-refractivity contribution in [3.8, 4) is 17.0 Å². The SMILES string of the molecule is Cc1ccc(C(C)C)c(OCC(=O)N2CCc3[nH]nc(-c4ccc(Cl)cc4)c3C2)c1. The first-order chi connectivity index (χ1) is 14.4. The highest BCUT2D eigenvalue weighted by atomic mass is 35.5. The van der Waals surface area contributed by atoms with E-state index in [0.29, 0.717) is 24.0 Å². The van der Waals surface area contributed by atoms with E-state index < -0.39 is 0 Å². The molecule has 0 radical (unpaired) electrons. The van der Waals surface area contributed by atoms with E-state index in [1.54, 1.807) is 0 Å². The predicted molar refractivity (Wildman–Crippen MR) is 119 cm³/mol. The lowest BCUT2D eigenvalue weighted by Gasteiger charge is -2.27. The first kappa shape index (κ1) is 20.5. The number of aromatic amines is 1. The predicted octanol–water partition coefficient (Wildman–Crippen LogP) is 5.13. The number of rotatable bonds is 5. The van der Waals surface area contributed by atoms with Gasteiger partial charge in [0, 0.05) is 41.4 Å². The highest BCUT2D eigenvalue weighted by molar-refractivity contribution is 6.30. The standard InChI is InChI=1S/C24H26ClN3O2/c1-15(2)19-9-4-16(3)12-22(19)30-14-23(29)28-11-10-21-20(13-28)24(27-26-21)17-5-7-18(25)8-6-17/h4-9,12,15H,10-11,13-14H2,1-3H3,(H,26,27). The minimum absolute atomic E-state index is 0.0138. The maximum absolute atomic E-state index is 12.9. The van der Waals surface area contributed by atoms with Crippen LogP contribution in [-0.4, -0.2) is 34.2 Å². The molecule has 0 unspecified atom stereocenters. The molecule has 30 heavy (non-hydrogen) atoms. The molecule has 1 aliphatic heterocycles. The molecule has 2 aromatic carbocycles. The number of fused-ring (bicyclic) bond motifs is 1. The molecule has 0 bridgehead atoms. The number of benzene rings is 2. The largest absolute Gasteiger partial charge is 0.483 e. The smallest absolute Gasteiger partial charge is 0.260 e. The third-order valence-corrected chi connectivity index (χ3v) is 5.80. The summed E-state index contributed by atoms with van der Waals surface area (Å²) in [6.45, 7) is 7.50. The Morgan fingerprint density at radius 2 is 2.00 bits per heavy atom. The van der Waals surface area contributed by atoms with Crippen molar-refractivity contribution < 1.29 is 9.53 Å². The van der Waals surface area contributed by atoms with Gasteiger partial charge in [0.15, 0.2) is 6.61 Å². The fourth-order valence-corrected chi connectivity index (χ4v) is 3.95. The number of amides is 1. The van der Waals surface area contributed by atoms with E-state index in [9.17, 15) is 4.79 Å². The normalized spacial score (nSPS) is 13.4. The lowest BCUT2D eigenvalue weighted by atomic mass is 10.0. The van der Waals surface area contributed by atoms with Crippen molar-refractivity contribution in [1.82, 2.24) is 15.1 Å². The molecule has 0 saturated carbocycles. The van der Waals surface area contributed by atoms with E-state index >= 15 is 0 Å². The number of carbonyl (C=O) groups excluding carboxylic acids is 1. The minimum atomic E-state index is -0.0138. The van der Waals surface area contributed by atoms with Crippen molar-refractivity contribution >= 4 is 17.5 Å². The van der Waals surface area contributed by atoms with Gasteiger partial charge in [0.05, 0.1) is 5.69 Å². The van der Waals surface area contributed by atoms with Crippen LogP contribution in [-0.2, 0) is 17.8 Å². The molecule has 5 nitrogen and oxygen atoms in total. The number of hydrogen-bond acceptors (Lipinski definition) is 3. The van der Waals surface area contributed by atoms with E-state index in [1.165, 1.54) is 0 Å². The number of ether oxygens (including phenoxy) is 1. The second kappa shape index (κ2) is 8.52.